The molecule has 1 fully saturated rings. The number of carbonyl (C=O) groups excluding carboxylic acids is 1. The van der Waals surface area contributed by atoms with E-state index in [0.29, 0.717) is 29.8 Å². The lowest BCUT2D eigenvalue weighted by molar-refractivity contribution is -0.128. The van der Waals surface area contributed by atoms with Crippen molar-refractivity contribution in [3.8, 4) is 16.9 Å². The highest BCUT2D eigenvalue weighted by Crippen LogP contribution is 2.27. The summed E-state index contributed by atoms with van der Waals surface area (Å²) in [5, 5.41) is 4.74. The highest BCUT2D eigenvalue weighted by molar-refractivity contribution is 7.91. The third-order valence-corrected chi connectivity index (χ3v) is 9.39. The molecule has 9 heteroatoms. The largest absolute Gasteiger partial charge is 0.372 e. The average Bonchev–Trinajstić information content (AvgIpc) is 3.59. The van der Waals surface area contributed by atoms with Crippen molar-refractivity contribution in [3.05, 3.63) is 108 Å². The Bertz CT molecular complexity index is 1650. The van der Waals surface area contributed by atoms with Crippen LogP contribution in [0.25, 0.3) is 23.0 Å². The summed E-state index contributed by atoms with van der Waals surface area (Å²) in [6.07, 6.45) is 5.42. The minimum atomic E-state index is -3.20. The highest BCUT2D eigenvalue weighted by atomic mass is 32.2. The summed E-state index contributed by atoms with van der Waals surface area (Å²) in [6.45, 7) is 6.30. The summed E-state index contributed by atoms with van der Waals surface area (Å²) in [7, 11) is -3.20. The van der Waals surface area contributed by atoms with Gasteiger partial charge in [0.05, 0.1) is 22.9 Å². The molecule has 42 heavy (non-hydrogen) atoms. The number of sulfone groups is 1. The number of aromatic nitrogens is 2. The molecular formula is C33H35FN4O3S. The molecule has 0 bridgehead atoms. The maximum atomic E-state index is 13.7. The van der Waals surface area contributed by atoms with Gasteiger partial charge in [0, 0.05) is 54.8 Å². The lowest BCUT2D eigenvalue weighted by Crippen LogP contribution is -2.39. The second-order valence-electron chi connectivity index (χ2n) is 10.4. The van der Waals surface area contributed by atoms with Crippen LogP contribution in [-0.2, 0) is 21.2 Å². The van der Waals surface area contributed by atoms with Gasteiger partial charge in [0.15, 0.2) is 9.84 Å². The summed E-state index contributed by atoms with van der Waals surface area (Å²) in [5.74, 6) is -0.593. The van der Waals surface area contributed by atoms with Crippen LogP contribution in [0.4, 0.5) is 10.1 Å². The summed E-state index contributed by atoms with van der Waals surface area (Å²) < 4.78 is 40.1. The predicted molar refractivity (Wildman–Crippen MR) is 166 cm³/mol. The van der Waals surface area contributed by atoms with Gasteiger partial charge in [0.2, 0.25) is 5.91 Å². The van der Waals surface area contributed by atoms with E-state index < -0.39 is 15.9 Å². The zero-order chi connectivity index (χ0) is 29.7. The molecule has 0 N–H and O–H groups in total. The molecule has 4 aromatic rings. The molecule has 1 aromatic heterocycles. The third kappa shape index (κ3) is 6.79. The molecule has 0 aliphatic carbocycles. The van der Waals surface area contributed by atoms with Crippen LogP contribution >= 0.6 is 0 Å². The van der Waals surface area contributed by atoms with Crippen molar-refractivity contribution >= 4 is 27.5 Å². The smallest absolute Gasteiger partial charge is 0.247 e. The van der Waals surface area contributed by atoms with E-state index in [2.05, 4.69) is 18.7 Å². The molecule has 3 aromatic carbocycles. The number of anilines is 1. The molecule has 1 atom stereocenters. The van der Waals surface area contributed by atoms with E-state index in [4.69, 9.17) is 5.10 Å². The standard InChI is InChI=1S/C33H35FN4O3S/c1-3-36(4-2)29-17-10-25(11-18-29)22-37(31-20-21-42(40,41)24-31)32(39)19-14-27-23-38(30-8-6-5-7-9-30)35-33(27)26-12-15-28(34)16-13-26/h5-19,23,31H,3-4,20-22,24H2,1-2H3/b19-14+. The molecule has 0 saturated carbocycles. The van der Waals surface area contributed by atoms with Crippen molar-refractivity contribution in [3.63, 3.8) is 0 Å². The van der Waals surface area contributed by atoms with Gasteiger partial charge in [-0.15, -0.1) is 0 Å². The first-order chi connectivity index (χ1) is 20.3. The van der Waals surface area contributed by atoms with E-state index in [9.17, 15) is 17.6 Å². The van der Waals surface area contributed by atoms with Gasteiger partial charge in [0.25, 0.3) is 0 Å². The van der Waals surface area contributed by atoms with Gasteiger partial charge in [-0.05, 0) is 80.4 Å². The monoisotopic (exact) mass is 586 g/mol. The summed E-state index contributed by atoms with van der Waals surface area (Å²) >= 11 is 0. The molecule has 1 saturated heterocycles. The summed E-state index contributed by atoms with van der Waals surface area (Å²) in [5.41, 5.74) is 4.88. The lowest BCUT2D eigenvalue weighted by Gasteiger charge is -2.28. The Morgan fingerprint density at radius 1 is 1.00 bits per heavy atom. The van der Waals surface area contributed by atoms with Gasteiger partial charge in [-0.3, -0.25) is 4.79 Å². The fourth-order valence-electron chi connectivity index (χ4n) is 5.32. The molecule has 5 rings (SSSR count). The van der Waals surface area contributed by atoms with E-state index in [1.807, 2.05) is 60.8 Å². The van der Waals surface area contributed by atoms with Gasteiger partial charge >= 0.3 is 0 Å². The number of rotatable bonds is 10. The average molecular weight is 587 g/mol. The zero-order valence-corrected chi connectivity index (χ0v) is 24.7. The molecule has 7 nitrogen and oxygen atoms in total. The Morgan fingerprint density at radius 2 is 1.69 bits per heavy atom. The Balaban J connectivity index is 1.45. The number of benzene rings is 3. The molecule has 1 aliphatic rings. The molecule has 2 heterocycles. The maximum absolute atomic E-state index is 13.7. The number of hydrogen-bond donors (Lipinski definition) is 0. The molecule has 1 amide bonds. The Labute approximate surface area is 246 Å². The van der Waals surface area contributed by atoms with Gasteiger partial charge in [-0.2, -0.15) is 5.10 Å². The van der Waals surface area contributed by atoms with Gasteiger partial charge in [0.1, 0.15) is 5.82 Å². The minimum Gasteiger partial charge on any atom is -0.372 e. The predicted octanol–water partition coefficient (Wildman–Crippen LogP) is 5.75. The third-order valence-electron chi connectivity index (χ3n) is 7.64. The molecule has 0 spiro atoms. The SMILES string of the molecule is CCN(CC)c1ccc(CN(C(=O)/C=C/c2cn(-c3ccccc3)nc2-c2ccc(F)cc2)C2CCS(=O)(=O)C2)cc1. The quantitative estimate of drug-likeness (QED) is 0.221. The normalized spacial score (nSPS) is 16.1. The number of para-hydroxylation sites is 1. The van der Waals surface area contributed by atoms with Crippen LogP contribution in [0.5, 0.6) is 0 Å². The molecule has 1 unspecified atom stereocenters. The first-order valence-corrected chi connectivity index (χ1v) is 16.0. The molecular weight excluding hydrogens is 551 g/mol. The first kappa shape index (κ1) is 29.3. The van der Waals surface area contributed by atoms with Crippen molar-refractivity contribution in [2.75, 3.05) is 29.5 Å². The van der Waals surface area contributed by atoms with Crippen LogP contribution in [-0.4, -0.2) is 59.6 Å². The Kier molecular flexibility index (Phi) is 8.87. The Hall–Kier alpha value is -4.24. The van der Waals surface area contributed by atoms with Crippen LogP contribution in [0.2, 0.25) is 0 Å². The van der Waals surface area contributed by atoms with Gasteiger partial charge in [-0.25, -0.2) is 17.5 Å². The van der Waals surface area contributed by atoms with Crippen molar-refractivity contribution < 1.29 is 17.6 Å². The van der Waals surface area contributed by atoms with E-state index >= 15 is 0 Å². The molecule has 0 radical (unpaired) electrons. The number of hydrogen-bond acceptors (Lipinski definition) is 5. The molecule has 1 aliphatic heterocycles. The van der Waals surface area contributed by atoms with Gasteiger partial charge in [-0.1, -0.05) is 30.3 Å². The number of amides is 1. The van der Waals surface area contributed by atoms with Gasteiger partial charge < -0.3 is 9.80 Å². The first-order valence-electron chi connectivity index (χ1n) is 14.2. The summed E-state index contributed by atoms with van der Waals surface area (Å²) in [6, 6.07) is 23.3. The fourth-order valence-corrected chi connectivity index (χ4v) is 7.05. The number of nitrogens with zero attached hydrogens (tertiary/aromatic N) is 4. The summed E-state index contributed by atoms with van der Waals surface area (Å²) in [4.78, 5) is 17.6. The Morgan fingerprint density at radius 3 is 2.31 bits per heavy atom. The van der Waals surface area contributed by atoms with Crippen molar-refractivity contribution in [2.45, 2.75) is 32.9 Å². The van der Waals surface area contributed by atoms with E-state index in [1.165, 1.54) is 18.2 Å². The van der Waals surface area contributed by atoms with Crippen LogP contribution in [0, 0.1) is 5.82 Å². The fraction of sp³-hybridized carbons (Fsp3) is 0.273. The van der Waals surface area contributed by atoms with Crippen molar-refractivity contribution in [1.82, 2.24) is 14.7 Å². The van der Waals surface area contributed by atoms with Crippen LogP contribution in [0.15, 0.2) is 91.1 Å². The van der Waals surface area contributed by atoms with E-state index in [-0.39, 0.29) is 23.2 Å². The van der Waals surface area contributed by atoms with Crippen LogP contribution in [0.1, 0.15) is 31.4 Å². The lowest BCUT2D eigenvalue weighted by atomic mass is 10.1. The van der Waals surface area contributed by atoms with Crippen molar-refractivity contribution in [1.29, 1.82) is 0 Å². The second kappa shape index (κ2) is 12.7. The van der Waals surface area contributed by atoms with Crippen LogP contribution in [0.3, 0.4) is 0 Å². The minimum absolute atomic E-state index is 0.0448. The topological polar surface area (TPSA) is 75.5 Å². The maximum Gasteiger partial charge on any atom is 0.247 e. The molecule has 218 valence electrons. The second-order valence-corrected chi connectivity index (χ2v) is 12.6. The van der Waals surface area contributed by atoms with E-state index in [1.54, 1.807) is 27.8 Å². The number of carbonyl (C=O) groups is 1. The number of halogens is 1. The highest BCUT2D eigenvalue weighted by Gasteiger charge is 2.34. The van der Waals surface area contributed by atoms with Crippen LogP contribution < -0.4 is 4.90 Å². The zero-order valence-electron chi connectivity index (χ0n) is 23.9. The van der Waals surface area contributed by atoms with Crippen molar-refractivity contribution in [2.24, 2.45) is 0 Å². The van der Waals surface area contributed by atoms with E-state index in [0.717, 1.165) is 30.0 Å².